The number of ether oxygens (including phenoxy) is 1. The molecule has 1 aromatic rings. The van der Waals surface area contributed by atoms with Gasteiger partial charge in [0.1, 0.15) is 10.8 Å². The number of carbonyl (C=O) groups excluding carboxylic acids is 1. The van der Waals surface area contributed by atoms with E-state index in [0.29, 0.717) is 23.6 Å². The zero-order chi connectivity index (χ0) is 16.3. The van der Waals surface area contributed by atoms with Gasteiger partial charge in [-0.15, -0.1) is 0 Å². The van der Waals surface area contributed by atoms with Gasteiger partial charge in [-0.25, -0.2) is 14.8 Å². The number of anilines is 1. The molecular weight excluding hydrogens is 304 g/mol. The van der Waals surface area contributed by atoms with Crippen molar-refractivity contribution in [2.45, 2.75) is 39.7 Å². The van der Waals surface area contributed by atoms with Crippen LogP contribution in [0.2, 0.25) is 5.15 Å². The molecule has 0 radical (unpaired) electrons. The van der Waals surface area contributed by atoms with E-state index in [1.807, 2.05) is 27.7 Å². The lowest BCUT2D eigenvalue weighted by molar-refractivity contribution is 0.0520. The zero-order valence-electron chi connectivity index (χ0n) is 13.5. The molecule has 122 valence electrons. The maximum atomic E-state index is 11.7. The Bertz CT molecular complexity index is 545. The molecule has 0 bridgehead atoms. The van der Waals surface area contributed by atoms with E-state index >= 15 is 0 Å². The minimum absolute atomic E-state index is 0.358. The molecule has 7 heteroatoms. The molecule has 1 amide bonds. The van der Waals surface area contributed by atoms with Crippen molar-refractivity contribution in [2.24, 2.45) is 5.92 Å². The monoisotopic (exact) mass is 326 g/mol. The minimum atomic E-state index is -0.474. The second-order valence-corrected chi connectivity index (χ2v) is 6.99. The van der Waals surface area contributed by atoms with E-state index in [4.69, 9.17) is 16.3 Å². The Morgan fingerprint density at radius 3 is 2.91 bits per heavy atom. The molecule has 1 atom stereocenters. The summed E-state index contributed by atoms with van der Waals surface area (Å²) in [4.78, 5) is 22.4. The summed E-state index contributed by atoms with van der Waals surface area (Å²) in [5, 5.41) is 3.31. The van der Waals surface area contributed by atoms with E-state index in [-0.39, 0.29) is 6.09 Å². The average Bonchev–Trinajstić information content (AvgIpc) is 2.86. The number of amides is 1. The summed E-state index contributed by atoms with van der Waals surface area (Å²) in [5.41, 5.74) is 0.394. The van der Waals surface area contributed by atoms with Gasteiger partial charge >= 0.3 is 6.09 Å². The van der Waals surface area contributed by atoms with Crippen LogP contribution in [0.25, 0.3) is 0 Å². The average molecular weight is 327 g/mol. The number of hydrogen-bond acceptors (Lipinski definition) is 5. The number of nitrogens with one attached hydrogen (secondary N) is 1. The Labute approximate surface area is 136 Å². The van der Waals surface area contributed by atoms with Crippen molar-refractivity contribution < 1.29 is 9.53 Å². The van der Waals surface area contributed by atoms with Crippen molar-refractivity contribution in [2.75, 3.05) is 24.5 Å². The minimum Gasteiger partial charge on any atom is -0.444 e. The number of alkyl carbamates (subject to hydrolysis) is 1. The lowest BCUT2D eigenvalue weighted by Gasteiger charge is -2.21. The van der Waals surface area contributed by atoms with Gasteiger partial charge in [-0.3, -0.25) is 0 Å². The van der Waals surface area contributed by atoms with Gasteiger partial charge < -0.3 is 15.0 Å². The van der Waals surface area contributed by atoms with Gasteiger partial charge in [-0.1, -0.05) is 11.6 Å². The summed E-state index contributed by atoms with van der Waals surface area (Å²) in [7, 11) is 0. The number of hydrogen-bond donors (Lipinski definition) is 1. The van der Waals surface area contributed by atoms with Crippen LogP contribution in [0.4, 0.5) is 10.7 Å². The Morgan fingerprint density at radius 1 is 1.55 bits per heavy atom. The van der Waals surface area contributed by atoms with Crippen LogP contribution in [-0.2, 0) is 4.74 Å². The zero-order valence-corrected chi connectivity index (χ0v) is 14.3. The number of nitrogens with zero attached hydrogens (tertiary/aromatic N) is 3. The largest absolute Gasteiger partial charge is 0.444 e. The SMILES string of the molecule is Cc1cnc(N2CC[C@H](CNC(=O)OC(C)(C)C)C2)nc1Cl. The van der Waals surface area contributed by atoms with Crippen molar-refractivity contribution in [1.82, 2.24) is 15.3 Å². The van der Waals surface area contributed by atoms with Gasteiger partial charge in [-0.2, -0.15) is 0 Å². The van der Waals surface area contributed by atoms with E-state index < -0.39 is 5.60 Å². The molecule has 1 aromatic heterocycles. The number of aromatic nitrogens is 2. The fourth-order valence-electron chi connectivity index (χ4n) is 2.29. The summed E-state index contributed by atoms with van der Waals surface area (Å²) in [5.74, 6) is 1.01. The second-order valence-electron chi connectivity index (χ2n) is 6.63. The second kappa shape index (κ2) is 6.69. The molecule has 1 N–H and O–H groups in total. The lowest BCUT2D eigenvalue weighted by Crippen LogP contribution is -2.36. The number of aryl methyl sites for hydroxylation is 1. The summed E-state index contributed by atoms with van der Waals surface area (Å²) in [6.07, 6.45) is 2.34. The molecule has 0 saturated carbocycles. The van der Waals surface area contributed by atoms with Crippen LogP contribution in [0.3, 0.4) is 0 Å². The van der Waals surface area contributed by atoms with Crippen molar-refractivity contribution in [3.63, 3.8) is 0 Å². The van der Waals surface area contributed by atoms with Crippen LogP contribution in [0.5, 0.6) is 0 Å². The first-order valence-corrected chi connectivity index (χ1v) is 7.83. The van der Waals surface area contributed by atoms with Crippen LogP contribution in [0, 0.1) is 12.8 Å². The maximum Gasteiger partial charge on any atom is 0.407 e. The highest BCUT2D eigenvalue weighted by Crippen LogP contribution is 2.22. The first-order valence-electron chi connectivity index (χ1n) is 7.45. The Hall–Kier alpha value is -1.56. The molecule has 6 nitrogen and oxygen atoms in total. The number of carbonyl (C=O) groups is 1. The number of rotatable bonds is 3. The van der Waals surface area contributed by atoms with Gasteiger partial charge in [-0.05, 0) is 40.0 Å². The van der Waals surface area contributed by atoms with Gasteiger partial charge in [0.15, 0.2) is 0 Å². The fourth-order valence-corrected chi connectivity index (χ4v) is 2.41. The van der Waals surface area contributed by atoms with Crippen LogP contribution in [0.15, 0.2) is 6.20 Å². The summed E-state index contributed by atoms with van der Waals surface area (Å²) >= 11 is 6.04. The molecule has 22 heavy (non-hydrogen) atoms. The summed E-state index contributed by atoms with van der Waals surface area (Å²) < 4.78 is 5.23. The number of halogens is 1. The van der Waals surface area contributed by atoms with Crippen LogP contribution in [-0.4, -0.2) is 41.3 Å². The predicted molar refractivity (Wildman–Crippen MR) is 86.3 cm³/mol. The third-order valence-electron chi connectivity index (χ3n) is 3.40. The van der Waals surface area contributed by atoms with Gasteiger partial charge in [0, 0.05) is 31.4 Å². The summed E-state index contributed by atoms with van der Waals surface area (Å²) in [6, 6.07) is 0. The highest BCUT2D eigenvalue weighted by molar-refractivity contribution is 6.30. The fraction of sp³-hybridized carbons (Fsp3) is 0.667. The van der Waals surface area contributed by atoms with Crippen molar-refractivity contribution in [3.05, 3.63) is 16.9 Å². The Balaban J connectivity index is 1.83. The third kappa shape index (κ3) is 4.73. The molecule has 0 unspecified atom stereocenters. The van der Waals surface area contributed by atoms with E-state index in [2.05, 4.69) is 20.2 Å². The normalized spacial score (nSPS) is 18.4. The van der Waals surface area contributed by atoms with Crippen molar-refractivity contribution >= 4 is 23.6 Å². The van der Waals surface area contributed by atoms with Crippen LogP contribution >= 0.6 is 11.6 Å². The van der Waals surface area contributed by atoms with Crippen molar-refractivity contribution in [3.8, 4) is 0 Å². The van der Waals surface area contributed by atoms with Crippen molar-refractivity contribution in [1.29, 1.82) is 0 Å². The molecule has 0 spiro atoms. The highest BCUT2D eigenvalue weighted by Gasteiger charge is 2.26. The smallest absolute Gasteiger partial charge is 0.407 e. The maximum absolute atomic E-state index is 11.7. The van der Waals surface area contributed by atoms with Crippen LogP contribution in [0.1, 0.15) is 32.8 Å². The third-order valence-corrected chi connectivity index (χ3v) is 3.78. The standard InChI is InChI=1S/C15H23ClN4O2/c1-10-7-17-13(19-12(10)16)20-6-5-11(9-20)8-18-14(21)22-15(2,3)4/h7,11H,5-6,8-9H2,1-4H3,(H,18,21)/t11-/m1/s1. The molecule has 1 saturated heterocycles. The molecule has 1 fully saturated rings. The molecule has 1 aliphatic rings. The molecule has 2 rings (SSSR count). The van der Waals surface area contributed by atoms with Crippen LogP contribution < -0.4 is 10.2 Å². The lowest BCUT2D eigenvalue weighted by atomic mass is 10.1. The predicted octanol–water partition coefficient (Wildman–Crippen LogP) is 2.79. The first kappa shape index (κ1) is 16.8. The van der Waals surface area contributed by atoms with Gasteiger partial charge in [0.05, 0.1) is 0 Å². The Morgan fingerprint density at radius 2 is 2.27 bits per heavy atom. The molecule has 2 heterocycles. The van der Waals surface area contributed by atoms with Gasteiger partial charge in [0.2, 0.25) is 5.95 Å². The first-order chi connectivity index (χ1) is 10.2. The highest BCUT2D eigenvalue weighted by atomic mass is 35.5. The molecule has 1 aliphatic heterocycles. The van der Waals surface area contributed by atoms with E-state index in [1.165, 1.54) is 0 Å². The molecule has 0 aromatic carbocycles. The topological polar surface area (TPSA) is 67.4 Å². The van der Waals surface area contributed by atoms with E-state index in [1.54, 1.807) is 6.20 Å². The quantitative estimate of drug-likeness (QED) is 0.865. The van der Waals surface area contributed by atoms with E-state index in [9.17, 15) is 4.79 Å². The van der Waals surface area contributed by atoms with Gasteiger partial charge in [0.25, 0.3) is 0 Å². The molecular formula is C15H23ClN4O2. The molecule has 0 aliphatic carbocycles. The van der Waals surface area contributed by atoms with E-state index in [0.717, 1.165) is 25.1 Å². The Kier molecular flexibility index (Phi) is 5.11. The summed E-state index contributed by atoms with van der Waals surface area (Å²) in [6.45, 7) is 9.68.